The first kappa shape index (κ1) is 15.3. The lowest BCUT2D eigenvalue weighted by Gasteiger charge is -2.23. The number of fused-ring (bicyclic) bond motifs is 1. The second-order valence-corrected chi connectivity index (χ2v) is 7.35. The highest BCUT2D eigenvalue weighted by Crippen LogP contribution is 2.32. The molecule has 0 N–H and O–H groups in total. The number of aromatic nitrogens is 2. The summed E-state index contributed by atoms with van der Waals surface area (Å²) in [6.07, 6.45) is 3.25. The van der Waals surface area contributed by atoms with E-state index in [1.54, 1.807) is 17.6 Å². The van der Waals surface area contributed by atoms with Gasteiger partial charge in [0.15, 0.2) is 5.01 Å². The van der Waals surface area contributed by atoms with Gasteiger partial charge in [0.25, 0.3) is 0 Å². The van der Waals surface area contributed by atoms with E-state index in [9.17, 15) is 4.79 Å². The molecule has 2 aromatic heterocycles. The molecule has 0 saturated carbocycles. The van der Waals surface area contributed by atoms with Crippen molar-refractivity contribution in [1.29, 1.82) is 0 Å². The molecule has 0 aliphatic rings. The maximum absolute atomic E-state index is 12.2. The first-order valence-electron chi connectivity index (χ1n) is 6.22. The standard InChI is InChI=1S/C14H16BrClN2O2/c1-8(15)20-13(19)10-6-17-18-7-9(16)5-11(18)12(10)14(2,3)4/h5-8H,1-4H3. The molecule has 0 fully saturated rings. The highest BCUT2D eigenvalue weighted by molar-refractivity contribution is 9.09. The van der Waals surface area contributed by atoms with Crippen LogP contribution in [-0.2, 0) is 10.2 Å². The van der Waals surface area contributed by atoms with Gasteiger partial charge in [0.2, 0.25) is 0 Å². The number of ether oxygens (including phenoxy) is 1. The molecule has 6 heteroatoms. The van der Waals surface area contributed by atoms with E-state index in [0.29, 0.717) is 10.6 Å². The Labute approximate surface area is 131 Å². The van der Waals surface area contributed by atoms with Crippen LogP contribution in [-0.4, -0.2) is 20.6 Å². The number of halogens is 2. The normalized spacial score (nSPS) is 13.5. The minimum absolute atomic E-state index is 0.240. The number of carbonyl (C=O) groups is 1. The molecule has 1 unspecified atom stereocenters. The average molecular weight is 360 g/mol. The lowest BCUT2D eigenvalue weighted by Crippen LogP contribution is -2.21. The molecule has 0 spiro atoms. The van der Waals surface area contributed by atoms with Gasteiger partial charge in [0.1, 0.15) is 0 Å². The van der Waals surface area contributed by atoms with Crippen molar-refractivity contribution in [3.63, 3.8) is 0 Å². The minimum Gasteiger partial charge on any atom is -0.447 e. The molecule has 0 amide bonds. The largest absolute Gasteiger partial charge is 0.447 e. The summed E-state index contributed by atoms with van der Waals surface area (Å²) in [5.41, 5.74) is 1.92. The van der Waals surface area contributed by atoms with Gasteiger partial charge in [-0.3, -0.25) is 0 Å². The van der Waals surface area contributed by atoms with Crippen molar-refractivity contribution in [2.75, 3.05) is 0 Å². The second-order valence-electron chi connectivity index (χ2n) is 5.62. The van der Waals surface area contributed by atoms with Crippen molar-refractivity contribution in [2.24, 2.45) is 0 Å². The van der Waals surface area contributed by atoms with E-state index < -0.39 is 5.97 Å². The molecule has 0 radical (unpaired) electrons. The van der Waals surface area contributed by atoms with Gasteiger partial charge in [-0.15, -0.1) is 0 Å². The quantitative estimate of drug-likeness (QED) is 0.597. The third kappa shape index (κ3) is 2.99. The Balaban J connectivity index is 2.68. The Morgan fingerprint density at radius 3 is 2.70 bits per heavy atom. The van der Waals surface area contributed by atoms with Gasteiger partial charge >= 0.3 is 5.97 Å². The van der Waals surface area contributed by atoms with Gasteiger partial charge in [-0.25, -0.2) is 9.31 Å². The van der Waals surface area contributed by atoms with E-state index in [1.807, 2.05) is 26.8 Å². The first-order valence-corrected chi connectivity index (χ1v) is 7.52. The van der Waals surface area contributed by atoms with Crippen molar-refractivity contribution >= 4 is 39.0 Å². The van der Waals surface area contributed by atoms with Gasteiger partial charge in [-0.1, -0.05) is 32.4 Å². The van der Waals surface area contributed by atoms with Crippen LogP contribution in [0.5, 0.6) is 0 Å². The van der Waals surface area contributed by atoms with Crippen LogP contribution in [0.25, 0.3) is 5.52 Å². The molecule has 0 aromatic carbocycles. The van der Waals surface area contributed by atoms with E-state index in [4.69, 9.17) is 16.3 Å². The molecule has 0 aliphatic heterocycles. The van der Waals surface area contributed by atoms with Crippen molar-refractivity contribution < 1.29 is 9.53 Å². The Kier molecular flexibility index (Phi) is 4.12. The van der Waals surface area contributed by atoms with Gasteiger partial charge in [-0.05, 0) is 39.9 Å². The number of esters is 1. The third-order valence-corrected chi connectivity index (χ3v) is 3.24. The fourth-order valence-corrected chi connectivity index (χ4v) is 2.54. The van der Waals surface area contributed by atoms with Crippen molar-refractivity contribution in [3.8, 4) is 0 Å². The summed E-state index contributed by atoms with van der Waals surface area (Å²) in [4.78, 5) is 12.2. The summed E-state index contributed by atoms with van der Waals surface area (Å²) in [5, 5.41) is 4.45. The van der Waals surface area contributed by atoms with Crippen LogP contribution in [0.3, 0.4) is 0 Å². The van der Waals surface area contributed by atoms with Crippen molar-refractivity contribution in [3.05, 3.63) is 34.6 Å². The summed E-state index contributed by atoms with van der Waals surface area (Å²) in [7, 11) is 0. The molecule has 0 bridgehead atoms. The van der Waals surface area contributed by atoms with E-state index in [1.165, 1.54) is 6.20 Å². The predicted molar refractivity (Wildman–Crippen MR) is 82.7 cm³/mol. The molecule has 4 nitrogen and oxygen atoms in total. The van der Waals surface area contributed by atoms with Gasteiger partial charge < -0.3 is 4.74 Å². The van der Waals surface area contributed by atoms with E-state index in [-0.39, 0.29) is 10.4 Å². The average Bonchev–Trinajstić information content (AvgIpc) is 2.64. The van der Waals surface area contributed by atoms with Crippen LogP contribution in [0.15, 0.2) is 18.5 Å². The smallest absolute Gasteiger partial charge is 0.341 e. The topological polar surface area (TPSA) is 43.6 Å². The van der Waals surface area contributed by atoms with Crippen LogP contribution in [0.1, 0.15) is 43.6 Å². The minimum atomic E-state index is -0.397. The number of alkyl halides is 1. The number of carbonyl (C=O) groups excluding carboxylic acids is 1. The Bertz CT molecular complexity index is 659. The Morgan fingerprint density at radius 1 is 1.50 bits per heavy atom. The fourth-order valence-electron chi connectivity index (χ4n) is 2.18. The van der Waals surface area contributed by atoms with E-state index in [0.717, 1.165) is 11.1 Å². The number of rotatable bonds is 2. The second kappa shape index (κ2) is 5.37. The van der Waals surface area contributed by atoms with Crippen molar-refractivity contribution in [1.82, 2.24) is 9.61 Å². The molecule has 108 valence electrons. The molecule has 2 rings (SSSR count). The number of hydrogen-bond acceptors (Lipinski definition) is 3. The molecular weight excluding hydrogens is 344 g/mol. The van der Waals surface area contributed by atoms with Gasteiger partial charge in [0, 0.05) is 6.20 Å². The van der Waals surface area contributed by atoms with Gasteiger partial charge in [-0.2, -0.15) is 5.10 Å². The summed E-state index contributed by atoms with van der Waals surface area (Å²) >= 11 is 9.25. The lowest BCUT2D eigenvalue weighted by atomic mass is 9.84. The summed E-state index contributed by atoms with van der Waals surface area (Å²) in [6.45, 7) is 7.86. The zero-order chi connectivity index (χ0) is 15.1. The SMILES string of the molecule is CC(Br)OC(=O)c1cnn2cc(Cl)cc2c1C(C)(C)C. The third-order valence-electron chi connectivity index (χ3n) is 2.84. The highest BCUT2D eigenvalue weighted by atomic mass is 79.9. The zero-order valence-electron chi connectivity index (χ0n) is 11.8. The predicted octanol–water partition coefficient (Wildman–Crippen LogP) is 4.18. The molecule has 0 aliphatic carbocycles. The van der Waals surface area contributed by atoms with Gasteiger partial charge in [0.05, 0.1) is 22.3 Å². The molecule has 20 heavy (non-hydrogen) atoms. The van der Waals surface area contributed by atoms with Crippen LogP contribution >= 0.6 is 27.5 Å². The summed E-state index contributed by atoms with van der Waals surface area (Å²) < 4.78 is 6.90. The van der Waals surface area contributed by atoms with E-state index >= 15 is 0 Å². The molecule has 1 atom stereocenters. The molecule has 2 aromatic rings. The Hall–Kier alpha value is -1.07. The molecule has 2 heterocycles. The van der Waals surface area contributed by atoms with Crippen LogP contribution in [0, 0.1) is 0 Å². The highest BCUT2D eigenvalue weighted by Gasteiger charge is 2.27. The summed E-state index contributed by atoms with van der Waals surface area (Å²) in [6, 6.07) is 1.81. The zero-order valence-corrected chi connectivity index (χ0v) is 14.1. The molecule has 0 saturated heterocycles. The van der Waals surface area contributed by atoms with Crippen LogP contribution in [0.2, 0.25) is 5.02 Å². The number of hydrogen-bond donors (Lipinski definition) is 0. The maximum Gasteiger partial charge on any atom is 0.341 e. The van der Waals surface area contributed by atoms with E-state index in [2.05, 4.69) is 21.0 Å². The van der Waals surface area contributed by atoms with Crippen LogP contribution < -0.4 is 0 Å². The van der Waals surface area contributed by atoms with Crippen LogP contribution in [0.4, 0.5) is 0 Å². The number of nitrogens with zero attached hydrogens (tertiary/aromatic N) is 2. The summed E-state index contributed by atoms with van der Waals surface area (Å²) in [5.74, 6) is -0.397. The monoisotopic (exact) mass is 358 g/mol. The molecular formula is C14H16BrClN2O2. The van der Waals surface area contributed by atoms with Crippen molar-refractivity contribution in [2.45, 2.75) is 38.1 Å². The fraction of sp³-hybridized carbons (Fsp3) is 0.429. The Morgan fingerprint density at radius 2 is 2.15 bits per heavy atom. The lowest BCUT2D eigenvalue weighted by molar-refractivity contribution is 0.0487. The maximum atomic E-state index is 12.2. The first-order chi connectivity index (χ1) is 9.20.